The number of hydrogen-bond donors (Lipinski definition) is 0. The van der Waals surface area contributed by atoms with Crippen LogP contribution in [0.4, 0.5) is 0 Å². The molecule has 2 nitrogen and oxygen atoms in total. The molecule has 1 aliphatic carbocycles. The third-order valence-corrected chi connectivity index (χ3v) is 2.88. The van der Waals surface area contributed by atoms with E-state index in [-0.39, 0.29) is 5.41 Å². The van der Waals surface area contributed by atoms with Crippen LogP contribution in [0.2, 0.25) is 0 Å². The summed E-state index contributed by atoms with van der Waals surface area (Å²) in [6, 6.07) is 4.27. The Hall–Kier alpha value is -0.880. The van der Waals surface area contributed by atoms with E-state index in [1.165, 1.54) is 0 Å². The fourth-order valence-corrected chi connectivity index (χ4v) is 1.96. The molecule has 3 heteroatoms. The third-order valence-electron chi connectivity index (χ3n) is 2.25. The average molecular weight is 223 g/mol. The van der Waals surface area contributed by atoms with Gasteiger partial charge in [-0.2, -0.15) is 5.26 Å². The van der Waals surface area contributed by atoms with Crippen molar-refractivity contribution < 1.29 is 0 Å². The first-order valence-electron chi connectivity index (χ1n) is 3.80. The van der Waals surface area contributed by atoms with Gasteiger partial charge in [-0.1, -0.05) is 0 Å². The van der Waals surface area contributed by atoms with Crippen molar-refractivity contribution in [2.75, 3.05) is 0 Å². The van der Waals surface area contributed by atoms with Gasteiger partial charge < -0.3 is 0 Å². The lowest BCUT2D eigenvalue weighted by atomic mass is 9.99. The zero-order valence-corrected chi connectivity index (χ0v) is 8.00. The largest absolute Gasteiger partial charge is 0.264 e. The number of aromatic nitrogens is 1. The van der Waals surface area contributed by atoms with Crippen molar-refractivity contribution in [1.82, 2.24) is 4.98 Å². The molecule has 0 atom stereocenters. The van der Waals surface area contributed by atoms with E-state index in [1.807, 2.05) is 6.07 Å². The molecule has 0 radical (unpaired) electrons. The molecule has 1 saturated carbocycles. The van der Waals surface area contributed by atoms with E-state index < -0.39 is 0 Å². The Balaban J connectivity index is 2.48. The first-order valence-corrected chi connectivity index (χ1v) is 4.59. The topological polar surface area (TPSA) is 36.7 Å². The normalized spacial score (nSPS) is 18.3. The van der Waals surface area contributed by atoms with Gasteiger partial charge in [0.1, 0.15) is 0 Å². The summed E-state index contributed by atoms with van der Waals surface area (Å²) in [5.74, 6) is 0. The summed E-state index contributed by atoms with van der Waals surface area (Å²) in [7, 11) is 0. The first-order chi connectivity index (χ1) is 5.78. The fraction of sp³-hybridized carbons (Fsp3) is 0.333. The van der Waals surface area contributed by atoms with Crippen LogP contribution in [0.1, 0.15) is 18.4 Å². The van der Waals surface area contributed by atoms with Gasteiger partial charge in [-0.25, -0.2) is 0 Å². The zero-order chi connectivity index (χ0) is 8.60. The maximum Gasteiger partial charge on any atom is 0.0835 e. The zero-order valence-electron chi connectivity index (χ0n) is 6.42. The van der Waals surface area contributed by atoms with E-state index >= 15 is 0 Å². The molecule has 2 rings (SSSR count). The van der Waals surface area contributed by atoms with Gasteiger partial charge in [0, 0.05) is 16.9 Å². The highest BCUT2D eigenvalue weighted by Crippen LogP contribution is 2.49. The number of nitrogens with zero attached hydrogens (tertiary/aromatic N) is 2. The summed E-state index contributed by atoms with van der Waals surface area (Å²) in [4.78, 5) is 3.96. The van der Waals surface area contributed by atoms with Gasteiger partial charge in [0.15, 0.2) is 0 Å². The van der Waals surface area contributed by atoms with Crippen molar-refractivity contribution in [1.29, 1.82) is 5.26 Å². The van der Waals surface area contributed by atoms with Crippen LogP contribution < -0.4 is 0 Å². The number of nitriles is 1. The van der Waals surface area contributed by atoms with Crippen LogP contribution >= 0.6 is 15.9 Å². The van der Waals surface area contributed by atoms with Gasteiger partial charge in [0.2, 0.25) is 0 Å². The molecule has 1 fully saturated rings. The third kappa shape index (κ3) is 1.03. The lowest BCUT2D eigenvalue weighted by molar-refractivity contribution is 0.895. The second kappa shape index (κ2) is 2.56. The molecule has 0 bridgehead atoms. The molecule has 0 spiro atoms. The summed E-state index contributed by atoms with van der Waals surface area (Å²) >= 11 is 3.40. The quantitative estimate of drug-likeness (QED) is 0.732. The highest BCUT2D eigenvalue weighted by molar-refractivity contribution is 9.10. The Bertz CT molecular complexity index is 350. The number of rotatable bonds is 1. The Morgan fingerprint density at radius 2 is 2.33 bits per heavy atom. The lowest BCUT2D eigenvalue weighted by Gasteiger charge is -2.06. The molecule has 0 aliphatic heterocycles. The molecule has 0 N–H and O–H groups in total. The molecular weight excluding hydrogens is 216 g/mol. The molecule has 1 heterocycles. The standard InChI is InChI=1S/C9H7BrN2/c10-8-5-12-4-1-7(8)9(6-11)2-3-9/h1,4-5H,2-3H2. The maximum absolute atomic E-state index is 8.94. The van der Waals surface area contributed by atoms with Gasteiger partial charge in [0.25, 0.3) is 0 Å². The maximum atomic E-state index is 8.94. The molecule has 0 saturated heterocycles. The SMILES string of the molecule is N#CC1(c2ccncc2Br)CC1. The van der Waals surface area contributed by atoms with Crippen LogP contribution in [0.25, 0.3) is 0 Å². The number of halogens is 1. The Labute approximate surface area is 79.4 Å². The smallest absolute Gasteiger partial charge is 0.0835 e. The molecule has 1 aliphatic rings. The molecular formula is C9H7BrN2. The van der Waals surface area contributed by atoms with Gasteiger partial charge >= 0.3 is 0 Å². The Morgan fingerprint density at radius 1 is 1.58 bits per heavy atom. The van der Waals surface area contributed by atoms with Crippen molar-refractivity contribution >= 4 is 15.9 Å². The summed E-state index contributed by atoms with van der Waals surface area (Å²) < 4.78 is 0.948. The van der Waals surface area contributed by atoms with Crippen LogP contribution in [-0.4, -0.2) is 4.98 Å². The van der Waals surface area contributed by atoms with E-state index in [9.17, 15) is 0 Å². The van der Waals surface area contributed by atoms with E-state index in [4.69, 9.17) is 5.26 Å². The van der Waals surface area contributed by atoms with Gasteiger partial charge in [-0.3, -0.25) is 4.98 Å². The summed E-state index contributed by atoms with van der Waals surface area (Å²) in [5, 5.41) is 8.94. The van der Waals surface area contributed by atoms with E-state index in [0.29, 0.717) is 0 Å². The van der Waals surface area contributed by atoms with Crippen LogP contribution in [-0.2, 0) is 5.41 Å². The van der Waals surface area contributed by atoms with Crippen LogP contribution in [0.15, 0.2) is 22.9 Å². The van der Waals surface area contributed by atoms with Crippen LogP contribution in [0.3, 0.4) is 0 Å². The second-order valence-corrected chi connectivity index (χ2v) is 3.90. The summed E-state index contributed by atoms with van der Waals surface area (Å²) in [5.41, 5.74) is 0.877. The number of pyridine rings is 1. The molecule has 0 amide bonds. The van der Waals surface area contributed by atoms with Crippen molar-refractivity contribution in [3.63, 3.8) is 0 Å². The predicted octanol–water partition coefficient (Wildman–Crippen LogP) is 2.40. The van der Waals surface area contributed by atoms with Gasteiger partial charge in [-0.15, -0.1) is 0 Å². The van der Waals surface area contributed by atoms with Crippen LogP contribution in [0.5, 0.6) is 0 Å². The van der Waals surface area contributed by atoms with Gasteiger partial charge in [0.05, 0.1) is 11.5 Å². The highest BCUT2D eigenvalue weighted by atomic mass is 79.9. The van der Waals surface area contributed by atoms with Crippen molar-refractivity contribution in [3.05, 3.63) is 28.5 Å². The Kier molecular flexibility index (Phi) is 1.66. The van der Waals surface area contributed by atoms with Gasteiger partial charge in [-0.05, 0) is 40.4 Å². The average Bonchev–Trinajstić information content (AvgIpc) is 2.86. The highest BCUT2D eigenvalue weighted by Gasteiger charge is 2.45. The summed E-state index contributed by atoms with van der Waals surface area (Å²) in [6.07, 6.45) is 5.43. The molecule has 1 aromatic rings. The second-order valence-electron chi connectivity index (χ2n) is 3.05. The number of hydrogen-bond acceptors (Lipinski definition) is 2. The van der Waals surface area contributed by atoms with Crippen molar-refractivity contribution in [2.45, 2.75) is 18.3 Å². The van der Waals surface area contributed by atoms with Crippen molar-refractivity contribution in [3.8, 4) is 6.07 Å². The monoisotopic (exact) mass is 222 g/mol. The van der Waals surface area contributed by atoms with E-state index in [1.54, 1.807) is 12.4 Å². The first kappa shape index (κ1) is 7.75. The fourth-order valence-electron chi connectivity index (χ4n) is 1.33. The minimum absolute atomic E-state index is 0.207. The molecule has 1 aromatic heterocycles. The van der Waals surface area contributed by atoms with E-state index in [0.717, 1.165) is 22.9 Å². The minimum atomic E-state index is -0.207. The molecule has 0 unspecified atom stereocenters. The van der Waals surface area contributed by atoms with Crippen LogP contribution in [0, 0.1) is 11.3 Å². The Morgan fingerprint density at radius 3 is 2.83 bits per heavy atom. The molecule has 60 valence electrons. The molecule has 0 aromatic carbocycles. The summed E-state index contributed by atoms with van der Waals surface area (Å²) in [6.45, 7) is 0. The minimum Gasteiger partial charge on any atom is -0.264 e. The van der Waals surface area contributed by atoms with E-state index in [2.05, 4.69) is 27.0 Å². The lowest BCUT2D eigenvalue weighted by Crippen LogP contribution is -2.03. The molecule has 12 heavy (non-hydrogen) atoms. The predicted molar refractivity (Wildman–Crippen MR) is 48.5 cm³/mol. The van der Waals surface area contributed by atoms with Crippen molar-refractivity contribution in [2.24, 2.45) is 0 Å².